The maximum atomic E-state index is 13.2. The molecule has 0 radical (unpaired) electrons. The molecule has 0 atom stereocenters. The summed E-state index contributed by atoms with van der Waals surface area (Å²) < 4.78 is 6.88. The molecule has 0 spiro atoms. The first-order chi connectivity index (χ1) is 14.3. The smallest absolute Gasteiger partial charge is 0.355 e. The molecule has 4 bridgehead atoms. The number of ether oxygens (including phenoxy) is 1. The Morgan fingerprint density at radius 3 is 2.30 bits per heavy atom. The number of esters is 1. The molecule has 30 heavy (non-hydrogen) atoms. The summed E-state index contributed by atoms with van der Waals surface area (Å²) in [4.78, 5) is 39.1. The van der Waals surface area contributed by atoms with E-state index in [1.807, 2.05) is 4.90 Å². The fourth-order valence-electron chi connectivity index (χ4n) is 6.42. The number of amides is 1. The van der Waals surface area contributed by atoms with E-state index in [2.05, 4.69) is 6.07 Å². The zero-order valence-electron chi connectivity index (χ0n) is 17.7. The van der Waals surface area contributed by atoms with Crippen molar-refractivity contribution in [1.29, 1.82) is 5.26 Å². The van der Waals surface area contributed by atoms with Gasteiger partial charge in [-0.15, -0.1) is 0 Å². The van der Waals surface area contributed by atoms with Crippen LogP contribution >= 0.6 is 0 Å². The standard InChI is InChI=1S/C23H29N3O4/c1-15(27)19-9-20(25(2)13-19)22(29)30-14-21(28)26(5-3-4-24)23-10-16-6-17(11-23)8-18(7-16)12-23/h9,13,16-18H,3,5-8,10-12,14H2,1-2H3. The van der Waals surface area contributed by atoms with E-state index in [1.165, 1.54) is 36.8 Å². The molecular weight excluding hydrogens is 382 g/mol. The lowest BCUT2D eigenvalue weighted by Gasteiger charge is -2.60. The molecule has 0 aliphatic heterocycles. The molecule has 0 saturated heterocycles. The van der Waals surface area contributed by atoms with Gasteiger partial charge in [0.25, 0.3) is 5.91 Å². The molecule has 4 saturated carbocycles. The first-order valence-electron chi connectivity index (χ1n) is 10.8. The van der Waals surface area contributed by atoms with Gasteiger partial charge in [0.2, 0.25) is 0 Å². The average molecular weight is 412 g/mol. The van der Waals surface area contributed by atoms with Crippen molar-refractivity contribution in [2.45, 2.75) is 57.4 Å². The summed E-state index contributed by atoms with van der Waals surface area (Å²) in [5.74, 6) is 1.04. The molecule has 1 heterocycles. The number of Topliss-reactive ketones (excluding diaryl/α,β-unsaturated/α-hetero) is 1. The Kier molecular flexibility index (Phi) is 5.44. The lowest BCUT2D eigenvalue weighted by Crippen LogP contribution is -2.62. The highest BCUT2D eigenvalue weighted by Gasteiger charge is 2.54. The van der Waals surface area contributed by atoms with Gasteiger partial charge in [-0.25, -0.2) is 4.79 Å². The number of hydrogen-bond donors (Lipinski definition) is 0. The molecule has 1 amide bonds. The summed E-state index contributed by atoms with van der Waals surface area (Å²) in [5.41, 5.74) is 0.494. The topological polar surface area (TPSA) is 92.4 Å². The molecule has 0 unspecified atom stereocenters. The normalized spacial score (nSPS) is 28.8. The highest BCUT2D eigenvalue weighted by Crippen LogP contribution is 2.57. The molecule has 4 fully saturated rings. The van der Waals surface area contributed by atoms with Gasteiger partial charge in [-0.1, -0.05) is 0 Å². The molecule has 4 aliphatic carbocycles. The van der Waals surface area contributed by atoms with Crippen LogP contribution in [0.15, 0.2) is 12.3 Å². The van der Waals surface area contributed by atoms with Crippen molar-refractivity contribution in [3.05, 3.63) is 23.5 Å². The third-order valence-corrected chi connectivity index (χ3v) is 7.27. The third-order valence-electron chi connectivity index (χ3n) is 7.27. The van der Waals surface area contributed by atoms with Gasteiger partial charge in [0.15, 0.2) is 12.4 Å². The lowest BCUT2D eigenvalue weighted by atomic mass is 9.52. The van der Waals surface area contributed by atoms with Gasteiger partial charge in [-0.2, -0.15) is 5.26 Å². The largest absolute Gasteiger partial charge is 0.451 e. The first-order valence-corrected chi connectivity index (χ1v) is 10.8. The van der Waals surface area contributed by atoms with E-state index < -0.39 is 5.97 Å². The van der Waals surface area contributed by atoms with Crippen molar-refractivity contribution < 1.29 is 19.1 Å². The molecule has 1 aromatic rings. The maximum Gasteiger partial charge on any atom is 0.355 e. The predicted molar refractivity (Wildman–Crippen MR) is 109 cm³/mol. The van der Waals surface area contributed by atoms with Crippen LogP contribution in [-0.4, -0.2) is 45.8 Å². The highest BCUT2D eigenvalue weighted by molar-refractivity contribution is 5.98. The molecule has 7 heteroatoms. The van der Waals surface area contributed by atoms with Gasteiger partial charge < -0.3 is 14.2 Å². The van der Waals surface area contributed by atoms with Crippen LogP contribution in [0, 0.1) is 29.1 Å². The van der Waals surface area contributed by atoms with Crippen LogP contribution in [-0.2, 0) is 16.6 Å². The molecule has 7 nitrogen and oxygen atoms in total. The first kappa shape index (κ1) is 20.6. The zero-order chi connectivity index (χ0) is 21.5. The van der Waals surface area contributed by atoms with Gasteiger partial charge in [0.05, 0.1) is 12.5 Å². The molecule has 1 aromatic heterocycles. The fraction of sp³-hybridized carbons (Fsp3) is 0.652. The van der Waals surface area contributed by atoms with Crippen molar-refractivity contribution in [3.8, 4) is 6.07 Å². The van der Waals surface area contributed by atoms with Crippen LogP contribution in [0.1, 0.15) is 72.7 Å². The van der Waals surface area contributed by atoms with Crippen molar-refractivity contribution in [2.24, 2.45) is 24.8 Å². The van der Waals surface area contributed by atoms with Crippen molar-refractivity contribution >= 4 is 17.7 Å². The Balaban J connectivity index is 1.46. The highest BCUT2D eigenvalue weighted by atomic mass is 16.5. The molecule has 5 rings (SSSR count). The fourth-order valence-corrected chi connectivity index (χ4v) is 6.42. The number of ketones is 1. The second kappa shape index (κ2) is 7.90. The minimum atomic E-state index is -0.621. The van der Waals surface area contributed by atoms with Gasteiger partial charge in [-0.05, 0) is 69.3 Å². The number of aryl methyl sites for hydroxylation is 1. The Morgan fingerprint density at radius 2 is 1.80 bits per heavy atom. The second-order valence-electron chi connectivity index (χ2n) is 9.45. The number of hydrogen-bond acceptors (Lipinski definition) is 5. The number of nitrogens with zero attached hydrogens (tertiary/aromatic N) is 3. The van der Waals surface area contributed by atoms with E-state index in [9.17, 15) is 14.4 Å². The average Bonchev–Trinajstić information content (AvgIpc) is 3.07. The Hall–Kier alpha value is -2.62. The van der Waals surface area contributed by atoms with Gasteiger partial charge >= 0.3 is 5.97 Å². The monoisotopic (exact) mass is 411 g/mol. The molecule has 160 valence electrons. The van der Waals surface area contributed by atoms with E-state index in [1.54, 1.807) is 13.2 Å². The minimum Gasteiger partial charge on any atom is -0.451 e. The van der Waals surface area contributed by atoms with Crippen LogP contribution in [0.5, 0.6) is 0 Å². The summed E-state index contributed by atoms with van der Waals surface area (Å²) in [6.07, 6.45) is 8.66. The van der Waals surface area contributed by atoms with Crippen LogP contribution in [0.25, 0.3) is 0 Å². The van der Waals surface area contributed by atoms with Gasteiger partial charge in [0.1, 0.15) is 5.69 Å². The van der Waals surface area contributed by atoms with Gasteiger partial charge in [-0.3, -0.25) is 9.59 Å². The second-order valence-corrected chi connectivity index (χ2v) is 9.45. The van der Waals surface area contributed by atoms with Crippen LogP contribution in [0.4, 0.5) is 0 Å². The van der Waals surface area contributed by atoms with Crippen LogP contribution in [0.3, 0.4) is 0 Å². The molecule has 0 N–H and O–H groups in total. The summed E-state index contributed by atoms with van der Waals surface area (Å²) in [6.45, 7) is 1.48. The van der Waals surface area contributed by atoms with Crippen molar-refractivity contribution in [3.63, 3.8) is 0 Å². The van der Waals surface area contributed by atoms with Gasteiger partial charge in [0, 0.05) is 30.9 Å². The molecule has 0 aromatic carbocycles. The predicted octanol–water partition coefficient (Wildman–Crippen LogP) is 3.10. The van der Waals surface area contributed by atoms with E-state index >= 15 is 0 Å². The Bertz CT molecular complexity index is 875. The summed E-state index contributed by atoms with van der Waals surface area (Å²) in [7, 11) is 1.67. The zero-order valence-corrected chi connectivity index (χ0v) is 17.7. The summed E-state index contributed by atoms with van der Waals surface area (Å²) in [5, 5.41) is 9.12. The van der Waals surface area contributed by atoms with E-state index in [0.717, 1.165) is 19.3 Å². The SMILES string of the molecule is CC(=O)c1cc(C(=O)OCC(=O)N(CCC#N)C23CC4CC(CC(C4)C2)C3)n(C)c1. The third kappa shape index (κ3) is 3.76. The van der Waals surface area contributed by atoms with Crippen molar-refractivity contribution in [1.82, 2.24) is 9.47 Å². The summed E-state index contributed by atoms with van der Waals surface area (Å²) in [6, 6.07) is 3.65. The number of carbonyl (C=O) groups excluding carboxylic acids is 3. The molecular formula is C23H29N3O4. The number of rotatable bonds is 7. The van der Waals surface area contributed by atoms with Crippen LogP contribution in [0.2, 0.25) is 0 Å². The lowest BCUT2D eigenvalue weighted by molar-refractivity contribution is -0.153. The Labute approximate surface area is 177 Å². The summed E-state index contributed by atoms with van der Waals surface area (Å²) >= 11 is 0. The maximum absolute atomic E-state index is 13.2. The minimum absolute atomic E-state index is 0.134. The van der Waals surface area contributed by atoms with E-state index in [4.69, 9.17) is 10.00 Å². The van der Waals surface area contributed by atoms with Crippen LogP contribution < -0.4 is 0 Å². The number of nitriles is 1. The van der Waals surface area contributed by atoms with E-state index in [-0.39, 0.29) is 36.0 Å². The number of aromatic nitrogens is 1. The van der Waals surface area contributed by atoms with Crippen molar-refractivity contribution in [2.75, 3.05) is 13.2 Å². The Morgan fingerprint density at radius 1 is 1.20 bits per heavy atom. The van der Waals surface area contributed by atoms with E-state index in [0.29, 0.717) is 29.9 Å². The quantitative estimate of drug-likeness (QED) is 0.508. The number of carbonyl (C=O) groups is 3. The molecule has 4 aliphatic rings.